The molecule has 0 aromatic carbocycles. The zero-order chi connectivity index (χ0) is 18.2. The van der Waals surface area contributed by atoms with Crippen molar-refractivity contribution in [3.63, 3.8) is 0 Å². The summed E-state index contributed by atoms with van der Waals surface area (Å²) in [7, 11) is 0. The van der Waals surface area contributed by atoms with E-state index in [1.165, 1.54) is 32.1 Å². The summed E-state index contributed by atoms with van der Waals surface area (Å²) in [6.07, 6.45) is 9.57. The molecule has 6 nitrogen and oxygen atoms in total. The number of nitrogens with one attached hydrogen (secondary N) is 2. The predicted octanol–water partition coefficient (Wildman–Crippen LogP) is 3.26. The van der Waals surface area contributed by atoms with Gasteiger partial charge in [0.15, 0.2) is 0 Å². The minimum absolute atomic E-state index is 0.181. The lowest BCUT2D eigenvalue weighted by atomic mass is 9.88. The molecule has 6 heteroatoms. The van der Waals surface area contributed by atoms with Crippen molar-refractivity contribution < 1.29 is 14.3 Å². The van der Waals surface area contributed by atoms with Crippen LogP contribution in [-0.4, -0.2) is 36.9 Å². The van der Waals surface area contributed by atoms with Gasteiger partial charge in [-0.05, 0) is 43.1 Å². The molecule has 0 bridgehead atoms. The van der Waals surface area contributed by atoms with Crippen molar-refractivity contribution in [2.24, 2.45) is 11.8 Å². The van der Waals surface area contributed by atoms with Crippen molar-refractivity contribution >= 4 is 6.03 Å². The van der Waals surface area contributed by atoms with Crippen LogP contribution < -0.4 is 15.4 Å². The van der Waals surface area contributed by atoms with E-state index in [0.717, 1.165) is 18.6 Å². The standard InChI is InChI=1S/C20H31N3O3/c1-15-4-2-3-5-18(15)25-11-10-21-20(24)23-13-17-8-9-19(22-12-17)26-14-16-6-7-16/h8-9,12,15-16,18H,2-7,10-11,13-14H2,1H3,(H2,21,23,24). The van der Waals surface area contributed by atoms with Crippen LogP contribution in [0.5, 0.6) is 5.88 Å². The number of carbonyl (C=O) groups excluding carboxylic acids is 1. The molecular formula is C20H31N3O3. The fourth-order valence-electron chi connectivity index (χ4n) is 3.24. The second-order valence-corrected chi connectivity index (χ2v) is 7.54. The summed E-state index contributed by atoms with van der Waals surface area (Å²) in [6.45, 7) is 4.55. The van der Waals surface area contributed by atoms with E-state index >= 15 is 0 Å². The molecule has 1 heterocycles. The van der Waals surface area contributed by atoms with E-state index in [1.807, 2.05) is 12.1 Å². The molecule has 2 N–H and O–H groups in total. The first-order valence-electron chi connectivity index (χ1n) is 9.92. The van der Waals surface area contributed by atoms with Gasteiger partial charge in [-0.2, -0.15) is 0 Å². The van der Waals surface area contributed by atoms with Gasteiger partial charge in [-0.1, -0.05) is 25.8 Å². The highest BCUT2D eigenvalue weighted by molar-refractivity contribution is 5.73. The normalized spacial score (nSPS) is 22.7. The number of rotatable bonds is 9. The van der Waals surface area contributed by atoms with Gasteiger partial charge in [0.1, 0.15) is 0 Å². The first-order chi connectivity index (χ1) is 12.7. The number of aromatic nitrogens is 1. The van der Waals surface area contributed by atoms with E-state index in [1.54, 1.807) is 6.20 Å². The molecule has 1 aromatic rings. The highest BCUT2D eigenvalue weighted by Crippen LogP contribution is 2.29. The summed E-state index contributed by atoms with van der Waals surface area (Å²) in [5.41, 5.74) is 0.950. The third-order valence-corrected chi connectivity index (χ3v) is 5.17. The molecule has 0 aliphatic heterocycles. The van der Waals surface area contributed by atoms with Crippen LogP contribution in [0.15, 0.2) is 18.3 Å². The van der Waals surface area contributed by atoms with Gasteiger partial charge in [0.05, 0.1) is 19.3 Å². The van der Waals surface area contributed by atoms with Gasteiger partial charge in [-0.15, -0.1) is 0 Å². The van der Waals surface area contributed by atoms with E-state index in [4.69, 9.17) is 9.47 Å². The Labute approximate surface area is 156 Å². The first kappa shape index (κ1) is 19.0. The average molecular weight is 361 g/mol. The van der Waals surface area contributed by atoms with Crippen LogP contribution in [0.4, 0.5) is 4.79 Å². The molecule has 0 spiro atoms. The molecule has 144 valence electrons. The molecule has 2 fully saturated rings. The molecule has 2 amide bonds. The smallest absolute Gasteiger partial charge is 0.315 e. The van der Waals surface area contributed by atoms with Crippen LogP contribution in [0.2, 0.25) is 0 Å². The predicted molar refractivity (Wildman–Crippen MR) is 100 cm³/mol. The molecule has 2 atom stereocenters. The van der Waals surface area contributed by atoms with Crippen molar-refractivity contribution in [3.8, 4) is 5.88 Å². The first-order valence-corrected chi connectivity index (χ1v) is 9.92. The lowest BCUT2D eigenvalue weighted by Crippen LogP contribution is -2.38. The summed E-state index contributed by atoms with van der Waals surface area (Å²) < 4.78 is 11.5. The van der Waals surface area contributed by atoms with E-state index in [0.29, 0.717) is 43.5 Å². The molecule has 2 aliphatic carbocycles. The van der Waals surface area contributed by atoms with Crippen molar-refractivity contribution in [1.29, 1.82) is 0 Å². The Kier molecular flexibility index (Phi) is 7.12. The summed E-state index contributed by atoms with van der Waals surface area (Å²) in [6, 6.07) is 3.61. The number of pyridine rings is 1. The molecule has 0 radical (unpaired) electrons. The van der Waals surface area contributed by atoms with E-state index in [-0.39, 0.29) is 6.03 Å². The van der Waals surface area contributed by atoms with E-state index in [2.05, 4.69) is 22.5 Å². The third kappa shape index (κ3) is 6.48. The molecule has 1 aromatic heterocycles. The number of ether oxygens (including phenoxy) is 2. The van der Waals surface area contributed by atoms with E-state index in [9.17, 15) is 4.79 Å². The van der Waals surface area contributed by atoms with Gasteiger partial charge >= 0.3 is 6.03 Å². The zero-order valence-corrected chi connectivity index (χ0v) is 15.7. The lowest BCUT2D eigenvalue weighted by Gasteiger charge is -2.28. The van der Waals surface area contributed by atoms with Crippen molar-refractivity contribution in [1.82, 2.24) is 15.6 Å². The second kappa shape index (κ2) is 9.76. The van der Waals surface area contributed by atoms with Gasteiger partial charge in [-0.3, -0.25) is 0 Å². The maximum Gasteiger partial charge on any atom is 0.315 e. The molecular weight excluding hydrogens is 330 g/mol. The number of amides is 2. The minimum Gasteiger partial charge on any atom is -0.477 e. The number of urea groups is 1. The van der Waals surface area contributed by atoms with Crippen LogP contribution in [0.25, 0.3) is 0 Å². The maximum absolute atomic E-state index is 11.9. The molecule has 3 rings (SSSR count). The highest BCUT2D eigenvalue weighted by Gasteiger charge is 2.22. The summed E-state index contributed by atoms with van der Waals surface area (Å²) in [5.74, 6) is 1.99. The van der Waals surface area contributed by atoms with Gasteiger partial charge in [0.25, 0.3) is 0 Å². The van der Waals surface area contributed by atoms with Gasteiger partial charge < -0.3 is 20.1 Å². The topological polar surface area (TPSA) is 72.5 Å². The van der Waals surface area contributed by atoms with Crippen LogP contribution in [0, 0.1) is 11.8 Å². The van der Waals surface area contributed by atoms with Crippen LogP contribution in [0.3, 0.4) is 0 Å². The molecule has 26 heavy (non-hydrogen) atoms. The quantitative estimate of drug-likeness (QED) is 0.662. The van der Waals surface area contributed by atoms with Crippen LogP contribution in [-0.2, 0) is 11.3 Å². The highest BCUT2D eigenvalue weighted by atomic mass is 16.5. The minimum atomic E-state index is -0.181. The fraction of sp³-hybridized carbons (Fsp3) is 0.700. The molecule has 2 saturated carbocycles. The summed E-state index contributed by atoms with van der Waals surface area (Å²) >= 11 is 0. The Morgan fingerprint density at radius 1 is 1.19 bits per heavy atom. The maximum atomic E-state index is 11.9. The number of hydrogen-bond acceptors (Lipinski definition) is 4. The molecule has 2 aliphatic rings. The fourth-order valence-corrected chi connectivity index (χ4v) is 3.24. The van der Waals surface area contributed by atoms with Crippen molar-refractivity contribution in [3.05, 3.63) is 23.9 Å². The lowest BCUT2D eigenvalue weighted by molar-refractivity contribution is -0.00243. The average Bonchev–Trinajstić information content (AvgIpc) is 3.48. The summed E-state index contributed by atoms with van der Waals surface area (Å²) in [4.78, 5) is 16.1. The second-order valence-electron chi connectivity index (χ2n) is 7.54. The van der Waals surface area contributed by atoms with Crippen molar-refractivity contribution in [2.75, 3.05) is 19.8 Å². The Hall–Kier alpha value is -1.82. The van der Waals surface area contributed by atoms with E-state index < -0.39 is 0 Å². The number of hydrogen-bond donors (Lipinski definition) is 2. The Morgan fingerprint density at radius 2 is 2.04 bits per heavy atom. The monoisotopic (exact) mass is 361 g/mol. The van der Waals surface area contributed by atoms with Crippen LogP contribution >= 0.6 is 0 Å². The third-order valence-electron chi connectivity index (χ3n) is 5.17. The largest absolute Gasteiger partial charge is 0.477 e. The Bertz CT molecular complexity index is 560. The van der Waals surface area contributed by atoms with Crippen LogP contribution in [0.1, 0.15) is 51.0 Å². The van der Waals surface area contributed by atoms with Crippen molar-refractivity contribution in [2.45, 2.75) is 58.1 Å². The molecule has 0 saturated heterocycles. The zero-order valence-electron chi connectivity index (χ0n) is 15.7. The van der Waals surface area contributed by atoms with Gasteiger partial charge in [0.2, 0.25) is 5.88 Å². The molecule has 2 unspecified atom stereocenters. The summed E-state index contributed by atoms with van der Waals surface area (Å²) in [5, 5.41) is 5.68. The van der Waals surface area contributed by atoms with Gasteiger partial charge in [0, 0.05) is 25.4 Å². The van der Waals surface area contributed by atoms with Gasteiger partial charge in [-0.25, -0.2) is 9.78 Å². The number of carbonyl (C=O) groups is 1. The number of nitrogens with zero attached hydrogens (tertiary/aromatic N) is 1. The Balaban J connectivity index is 1.26. The Morgan fingerprint density at radius 3 is 2.77 bits per heavy atom. The SMILES string of the molecule is CC1CCCCC1OCCNC(=O)NCc1ccc(OCC2CC2)nc1.